The van der Waals surface area contributed by atoms with Crippen LogP contribution in [0.1, 0.15) is 59.3 Å². The first kappa shape index (κ1) is 16.9. The van der Waals surface area contributed by atoms with Crippen LogP contribution in [0.5, 0.6) is 0 Å². The van der Waals surface area contributed by atoms with Crippen LogP contribution >= 0.6 is 0 Å². The summed E-state index contributed by atoms with van der Waals surface area (Å²) in [5, 5.41) is 20.5. The van der Waals surface area contributed by atoms with Crippen molar-refractivity contribution in [2.45, 2.75) is 65.4 Å². The Morgan fingerprint density at radius 1 is 1.30 bits per heavy atom. The van der Waals surface area contributed by atoms with Crippen LogP contribution in [-0.2, 0) is 4.79 Å². The first-order chi connectivity index (χ1) is 10.7. The molecular formula is C20H30O3. The third-order valence-corrected chi connectivity index (χ3v) is 7.40. The average molecular weight is 318 g/mol. The summed E-state index contributed by atoms with van der Waals surface area (Å²) < 4.78 is 0. The number of allylic oxidation sites excluding steroid dienone is 3. The molecule has 3 nitrogen and oxygen atoms in total. The van der Waals surface area contributed by atoms with Gasteiger partial charge in [0.2, 0.25) is 0 Å². The molecule has 0 heterocycles. The van der Waals surface area contributed by atoms with Crippen molar-refractivity contribution in [2.24, 2.45) is 22.2 Å². The first-order valence-corrected chi connectivity index (χ1v) is 8.88. The molecule has 0 aromatic carbocycles. The molecule has 23 heavy (non-hydrogen) atoms. The van der Waals surface area contributed by atoms with Gasteiger partial charge in [-0.1, -0.05) is 32.4 Å². The van der Waals surface area contributed by atoms with Crippen molar-refractivity contribution in [3.8, 4) is 0 Å². The van der Waals surface area contributed by atoms with Crippen LogP contribution in [0.2, 0.25) is 0 Å². The molecule has 0 saturated heterocycles. The average Bonchev–Trinajstić information content (AvgIpc) is 2.54. The molecule has 3 aliphatic carbocycles. The fraction of sp³-hybridized carbons (Fsp3) is 0.750. The zero-order valence-corrected chi connectivity index (χ0v) is 14.7. The van der Waals surface area contributed by atoms with Gasteiger partial charge in [0.05, 0.1) is 12.7 Å². The van der Waals surface area contributed by atoms with Gasteiger partial charge in [0.25, 0.3) is 0 Å². The smallest absolute Gasteiger partial charge is 0.159 e. The molecule has 3 aliphatic rings. The van der Waals surface area contributed by atoms with E-state index in [2.05, 4.69) is 20.4 Å². The Morgan fingerprint density at radius 3 is 2.61 bits per heavy atom. The molecule has 1 saturated carbocycles. The summed E-state index contributed by atoms with van der Waals surface area (Å²) in [7, 11) is 0. The minimum atomic E-state index is -0.583. The van der Waals surface area contributed by atoms with E-state index in [-0.39, 0.29) is 29.1 Å². The van der Waals surface area contributed by atoms with E-state index < -0.39 is 11.5 Å². The highest BCUT2D eigenvalue weighted by molar-refractivity contribution is 5.98. The third kappa shape index (κ3) is 2.27. The monoisotopic (exact) mass is 318 g/mol. The molecule has 0 aliphatic heterocycles. The van der Waals surface area contributed by atoms with Crippen molar-refractivity contribution >= 4 is 5.78 Å². The molecule has 0 spiro atoms. The van der Waals surface area contributed by atoms with Crippen molar-refractivity contribution in [1.29, 1.82) is 0 Å². The Balaban J connectivity index is 2.08. The van der Waals surface area contributed by atoms with Crippen molar-refractivity contribution in [3.63, 3.8) is 0 Å². The van der Waals surface area contributed by atoms with Crippen molar-refractivity contribution < 1.29 is 15.0 Å². The lowest BCUT2D eigenvalue weighted by Gasteiger charge is -2.58. The summed E-state index contributed by atoms with van der Waals surface area (Å²) in [5.41, 5.74) is 1.70. The Kier molecular flexibility index (Phi) is 3.89. The molecule has 2 N–H and O–H groups in total. The van der Waals surface area contributed by atoms with E-state index >= 15 is 0 Å². The second-order valence-electron chi connectivity index (χ2n) is 8.81. The zero-order chi connectivity index (χ0) is 17.0. The molecular weight excluding hydrogens is 288 g/mol. The van der Waals surface area contributed by atoms with E-state index in [1.54, 1.807) is 0 Å². The number of Topliss-reactive ketones (excluding diaryl/α,β-unsaturated/α-hetero) is 1. The second kappa shape index (κ2) is 5.29. The van der Waals surface area contributed by atoms with Gasteiger partial charge in [0.1, 0.15) is 0 Å². The van der Waals surface area contributed by atoms with Gasteiger partial charge in [0.15, 0.2) is 5.78 Å². The summed E-state index contributed by atoms with van der Waals surface area (Å²) in [6, 6.07) is 0. The van der Waals surface area contributed by atoms with E-state index in [1.807, 2.05) is 13.0 Å². The highest BCUT2D eigenvalue weighted by Gasteiger charge is 2.58. The molecule has 0 radical (unpaired) electrons. The van der Waals surface area contributed by atoms with Crippen LogP contribution in [0.15, 0.2) is 23.8 Å². The molecule has 3 rings (SSSR count). The molecule has 1 unspecified atom stereocenters. The van der Waals surface area contributed by atoms with Crippen LogP contribution in [0.3, 0.4) is 0 Å². The highest BCUT2D eigenvalue weighted by Crippen LogP contribution is 2.62. The summed E-state index contributed by atoms with van der Waals surface area (Å²) in [4.78, 5) is 12.9. The normalized spacial score (nSPS) is 47.1. The quantitative estimate of drug-likeness (QED) is 0.767. The van der Waals surface area contributed by atoms with Crippen LogP contribution in [0.4, 0.5) is 0 Å². The van der Waals surface area contributed by atoms with Gasteiger partial charge in [0, 0.05) is 11.8 Å². The van der Waals surface area contributed by atoms with Gasteiger partial charge in [-0.05, 0) is 54.4 Å². The van der Waals surface area contributed by atoms with Crippen LogP contribution < -0.4 is 0 Å². The Hall–Kier alpha value is -0.930. The Labute approximate surface area is 139 Å². The number of hydrogen-bond acceptors (Lipinski definition) is 3. The van der Waals surface area contributed by atoms with E-state index in [9.17, 15) is 15.0 Å². The summed E-state index contributed by atoms with van der Waals surface area (Å²) in [6.45, 7) is 10.3. The fourth-order valence-electron chi connectivity index (χ4n) is 5.48. The number of hydrogen-bond donors (Lipinski definition) is 2. The highest BCUT2D eigenvalue weighted by atomic mass is 16.3. The third-order valence-electron chi connectivity index (χ3n) is 7.40. The van der Waals surface area contributed by atoms with Gasteiger partial charge < -0.3 is 10.2 Å². The van der Waals surface area contributed by atoms with Gasteiger partial charge in [-0.25, -0.2) is 0 Å². The molecule has 128 valence electrons. The lowest BCUT2D eigenvalue weighted by molar-refractivity contribution is -0.141. The minimum Gasteiger partial charge on any atom is -0.396 e. The van der Waals surface area contributed by atoms with E-state index in [1.165, 1.54) is 5.57 Å². The molecule has 0 bridgehead atoms. The first-order valence-electron chi connectivity index (χ1n) is 8.88. The summed E-state index contributed by atoms with van der Waals surface area (Å²) in [6.07, 6.45) is 6.31. The van der Waals surface area contributed by atoms with E-state index in [4.69, 9.17) is 0 Å². The van der Waals surface area contributed by atoms with Gasteiger partial charge in [-0.3, -0.25) is 4.79 Å². The number of fused-ring (bicyclic) bond motifs is 2. The predicted octanol–water partition coefficient (Wildman–Crippen LogP) is 3.41. The lowest BCUT2D eigenvalue weighted by atomic mass is 9.47. The number of carbonyl (C=O) groups excluding carboxylic acids is 1. The van der Waals surface area contributed by atoms with Gasteiger partial charge >= 0.3 is 0 Å². The number of aliphatic hydroxyl groups is 2. The van der Waals surface area contributed by atoms with Crippen molar-refractivity contribution in [2.75, 3.05) is 6.61 Å². The minimum absolute atomic E-state index is 0.0200. The van der Waals surface area contributed by atoms with E-state index in [0.717, 1.165) is 31.3 Å². The van der Waals surface area contributed by atoms with Crippen molar-refractivity contribution in [3.05, 3.63) is 23.8 Å². The standard InChI is InChI=1S/C20H30O3/c1-5-18(2)8-6-14-13(11-18)15(22)10-16-19(14,3)9-7-17(23)20(16,4)12-21/h5,16-17,21,23H,1,6-12H2,2-4H3/t16-,17+,18+,19-,20?/m1/s1. The summed E-state index contributed by atoms with van der Waals surface area (Å²) in [5.74, 6) is 0.257. The van der Waals surface area contributed by atoms with Crippen molar-refractivity contribution in [1.82, 2.24) is 0 Å². The maximum absolute atomic E-state index is 12.9. The molecule has 0 amide bonds. The van der Waals surface area contributed by atoms with Crippen LogP contribution in [0.25, 0.3) is 0 Å². The molecule has 0 aromatic heterocycles. The molecule has 3 heteroatoms. The Morgan fingerprint density at radius 2 is 2.00 bits per heavy atom. The fourth-order valence-corrected chi connectivity index (χ4v) is 5.48. The zero-order valence-electron chi connectivity index (χ0n) is 14.7. The van der Waals surface area contributed by atoms with Crippen LogP contribution in [0, 0.1) is 22.2 Å². The largest absolute Gasteiger partial charge is 0.396 e. The molecule has 5 atom stereocenters. The van der Waals surface area contributed by atoms with Crippen LogP contribution in [-0.4, -0.2) is 28.7 Å². The SMILES string of the molecule is C=C[C@@]1(C)CCC2=C(C1)C(=O)C[C@H]1C(C)(CO)[C@@H](O)CC[C@]21C. The van der Waals surface area contributed by atoms with E-state index in [0.29, 0.717) is 12.8 Å². The maximum atomic E-state index is 12.9. The number of rotatable bonds is 2. The second-order valence-corrected chi connectivity index (χ2v) is 8.81. The topological polar surface area (TPSA) is 57.5 Å². The number of aliphatic hydroxyl groups excluding tert-OH is 2. The maximum Gasteiger partial charge on any atom is 0.159 e. The number of carbonyl (C=O) groups is 1. The Bertz CT molecular complexity index is 577. The van der Waals surface area contributed by atoms with Gasteiger partial charge in [-0.15, -0.1) is 6.58 Å². The number of ketones is 1. The summed E-state index contributed by atoms with van der Waals surface area (Å²) >= 11 is 0. The van der Waals surface area contributed by atoms with Gasteiger partial charge in [-0.2, -0.15) is 0 Å². The lowest BCUT2D eigenvalue weighted by Crippen LogP contribution is -2.57. The molecule has 1 fully saturated rings. The molecule has 0 aromatic rings. The predicted molar refractivity (Wildman–Crippen MR) is 90.8 cm³/mol.